The third-order valence-electron chi connectivity index (χ3n) is 4.85. The number of ether oxygens (including phenoxy) is 3. The molecule has 0 heterocycles. The van der Waals surface area contributed by atoms with Crippen LogP contribution in [0.15, 0.2) is 0 Å². The van der Waals surface area contributed by atoms with Gasteiger partial charge in [0, 0.05) is 39.9 Å². The Balaban J connectivity index is 2.08. The van der Waals surface area contributed by atoms with Gasteiger partial charge in [0.05, 0.1) is 0 Å². The van der Waals surface area contributed by atoms with Crippen LogP contribution in [0.2, 0.25) is 0 Å². The van der Waals surface area contributed by atoms with Crippen molar-refractivity contribution in [3.63, 3.8) is 0 Å². The number of hydrogen-bond acceptors (Lipinski definition) is 3. The van der Waals surface area contributed by atoms with Crippen LogP contribution in [-0.2, 0) is 14.2 Å². The van der Waals surface area contributed by atoms with E-state index in [1.165, 1.54) is 51.4 Å². The fourth-order valence-electron chi connectivity index (χ4n) is 3.57. The van der Waals surface area contributed by atoms with Crippen molar-refractivity contribution in [2.24, 2.45) is 0 Å². The van der Waals surface area contributed by atoms with Crippen molar-refractivity contribution in [2.75, 3.05) is 14.2 Å². The average Bonchev–Trinajstić information content (AvgIpc) is 2.81. The first-order valence-corrected chi connectivity index (χ1v) is 8.05. The van der Waals surface area contributed by atoms with Gasteiger partial charge in [0.15, 0.2) is 11.6 Å². The first-order chi connectivity index (χ1) is 9.24. The summed E-state index contributed by atoms with van der Waals surface area (Å²) in [6.45, 7) is 0. The van der Waals surface area contributed by atoms with Gasteiger partial charge in [-0.25, -0.2) is 0 Å². The highest BCUT2D eigenvalue weighted by molar-refractivity contribution is 4.81. The van der Waals surface area contributed by atoms with Crippen LogP contribution in [-0.4, -0.2) is 25.8 Å². The molecule has 0 aromatic rings. The third-order valence-corrected chi connectivity index (χ3v) is 4.85. The highest BCUT2D eigenvalue weighted by Gasteiger charge is 2.42. The Hall–Kier alpha value is -0.120. The minimum Gasteiger partial charge on any atom is -0.353 e. The van der Waals surface area contributed by atoms with E-state index in [1.807, 2.05) is 0 Å². The molecule has 3 nitrogen and oxygen atoms in total. The molecule has 2 rings (SSSR count). The molecule has 2 fully saturated rings. The lowest BCUT2D eigenvalue weighted by atomic mass is 10.0. The summed E-state index contributed by atoms with van der Waals surface area (Å²) in [6, 6.07) is 0. The lowest BCUT2D eigenvalue weighted by molar-refractivity contribution is -0.355. The second-order valence-corrected chi connectivity index (χ2v) is 6.16. The molecule has 0 amide bonds. The van der Waals surface area contributed by atoms with E-state index in [9.17, 15) is 0 Å². The van der Waals surface area contributed by atoms with Crippen LogP contribution >= 0.6 is 0 Å². The molecule has 19 heavy (non-hydrogen) atoms. The quantitative estimate of drug-likeness (QED) is 0.560. The van der Waals surface area contributed by atoms with Crippen LogP contribution in [0.5, 0.6) is 0 Å². The molecule has 0 atom stereocenters. The highest BCUT2D eigenvalue weighted by Crippen LogP contribution is 2.40. The maximum absolute atomic E-state index is 6.52. The number of methoxy groups -OCH3 is 2. The smallest absolute Gasteiger partial charge is 0.171 e. The van der Waals surface area contributed by atoms with Crippen molar-refractivity contribution in [1.29, 1.82) is 0 Å². The van der Waals surface area contributed by atoms with Crippen molar-refractivity contribution in [3.05, 3.63) is 0 Å². The zero-order valence-corrected chi connectivity index (χ0v) is 12.7. The molecule has 0 radical (unpaired) electrons. The number of rotatable bonds is 4. The Morgan fingerprint density at radius 2 is 0.842 bits per heavy atom. The Morgan fingerprint density at radius 1 is 0.526 bits per heavy atom. The van der Waals surface area contributed by atoms with Crippen LogP contribution < -0.4 is 0 Å². The molecule has 0 unspecified atom stereocenters. The number of hydrogen-bond donors (Lipinski definition) is 0. The average molecular weight is 270 g/mol. The van der Waals surface area contributed by atoms with E-state index in [4.69, 9.17) is 14.2 Å². The summed E-state index contributed by atoms with van der Waals surface area (Å²) >= 11 is 0. The Labute approximate surface area is 118 Å². The van der Waals surface area contributed by atoms with Gasteiger partial charge in [0.25, 0.3) is 0 Å². The van der Waals surface area contributed by atoms with Gasteiger partial charge in [-0.15, -0.1) is 0 Å². The predicted octanol–water partition coefficient (Wildman–Crippen LogP) is 4.40. The summed E-state index contributed by atoms with van der Waals surface area (Å²) in [5.41, 5.74) is 0. The minimum atomic E-state index is -0.406. The SMILES string of the molecule is COC1(OC2(OC)CCCCCC2)CCCCCC1. The van der Waals surface area contributed by atoms with Crippen LogP contribution in [0.1, 0.15) is 77.0 Å². The highest BCUT2D eigenvalue weighted by atomic mass is 16.8. The molecule has 3 heteroatoms. The first-order valence-electron chi connectivity index (χ1n) is 8.05. The van der Waals surface area contributed by atoms with Gasteiger partial charge < -0.3 is 14.2 Å². The van der Waals surface area contributed by atoms with Crippen molar-refractivity contribution < 1.29 is 14.2 Å². The predicted molar refractivity (Wildman–Crippen MR) is 76.0 cm³/mol. The molecule has 0 aromatic carbocycles. The van der Waals surface area contributed by atoms with Crippen molar-refractivity contribution in [2.45, 2.75) is 88.6 Å². The summed E-state index contributed by atoms with van der Waals surface area (Å²) in [5.74, 6) is -0.812. The lowest BCUT2D eigenvalue weighted by Crippen LogP contribution is -2.47. The van der Waals surface area contributed by atoms with E-state index in [0.717, 1.165) is 25.7 Å². The summed E-state index contributed by atoms with van der Waals surface area (Å²) in [4.78, 5) is 0. The Kier molecular flexibility index (Phi) is 5.67. The fraction of sp³-hybridized carbons (Fsp3) is 1.00. The summed E-state index contributed by atoms with van der Waals surface area (Å²) in [6.07, 6.45) is 14.0. The van der Waals surface area contributed by atoms with E-state index in [2.05, 4.69) is 0 Å². The second-order valence-electron chi connectivity index (χ2n) is 6.16. The summed E-state index contributed by atoms with van der Waals surface area (Å²) in [7, 11) is 3.59. The van der Waals surface area contributed by atoms with E-state index in [0.29, 0.717) is 0 Å². The maximum Gasteiger partial charge on any atom is 0.171 e. The molecule has 0 saturated heterocycles. The van der Waals surface area contributed by atoms with E-state index >= 15 is 0 Å². The molecule has 0 bridgehead atoms. The standard InChI is InChI=1S/C16H30O3/c1-17-15(11-7-3-4-8-12-15)19-16(18-2)13-9-5-6-10-14-16/h3-14H2,1-2H3. The van der Waals surface area contributed by atoms with Gasteiger partial charge in [0.2, 0.25) is 0 Å². The first kappa shape index (κ1) is 15.3. The van der Waals surface area contributed by atoms with Crippen molar-refractivity contribution in [3.8, 4) is 0 Å². The molecular weight excluding hydrogens is 240 g/mol. The zero-order chi connectivity index (χ0) is 13.6. The van der Waals surface area contributed by atoms with Crippen LogP contribution in [0.4, 0.5) is 0 Å². The molecule has 2 aliphatic rings. The zero-order valence-electron chi connectivity index (χ0n) is 12.7. The van der Waals surface area contributed by atoms with Crippen LogP contribution in [0.3, 0.4) is 0 Å². The Morgan fingerprint density at radius 3 is 1.11 bits per heavy atom. The normalized spacial score (nSPS) is 27.5. The summed E-state index contributed by atoms with van der Waals surface area (Å²) < 4.78 is 18.2. The maximum atomic E-state index is 6.52. The van der Waals surface area contributed by atoms with Gasteiger partial charge >= 0.3 is 0 Å². The van der Waals surface area contributed by atoms with Crippen LogP contribution in [0, 0.1) is 0 Å². The largest absolute Gasteiger partial charge is 0.353 e. The van der Waals surface area contributed by atoms with Crippen molar-refractivity contribution in [1.82, 2.24) is 0 Å². The van der Waals surface area contributed by atoms with E-state index < -0.39 is 11.6 Å². The molecular formula is C16H30O3. The molecule has 0 N–H and O–H groups in total. The third kappa shape index (κ3) is 3.93. The molecule has 0 spiro atoms. The lowest BCUT2D eigenvalue weighted by Gasteiger charge is -2.42. The van der Waals surface area contributed by atoms with Gasteiger partial charge in [-0.1, -0.05) is 25.7 Å². The molecule has 2 saturated carbocycles. The van der Waals surface area contributed by atoms with Crippen molar-refractivity contribution >= 4 is 0 Å². The van der Waals surface area contributed by atoms with Gasteiger partial charge in [-0.2, -0.15) is 0 Å². The fourth-order valence-corrected chi connectivity index (χ4v) is 3.57. The monoisotopic (exact) mass is 270 g/mol. The molecule has 112 valence electrons. The Bertz CT molecular complexity index is 223. The molecule has 0 aliphatic heterocycles. The van der Waals surface area contributed by atoms with Gasteiger partial charge in [0.1, 0.15) is 0 Å². The van der Waals surface area contributed by atoms with E-state index in [-0.39, 0.29) is 0 Å². The van der Waals surface area contributed by atoms with Gasteiger partial charge in [-0.3, -0.25) is 0 Å². The minimum absolute atomic E-state index is 0.406. The molecule has 0 aromatic heterocycles. The van der Waals surface area contributed by atoms with Gasteiger partial charge in [-0.05, 0) is 25.7 Å². The second kappa shape index (κ2) is 7.05. The van der Waals surface area contributed by atoms with E-state index in [1.54, 1.807) is 14.2 Å². The topological polar surface area (TPSA) is 27.7 Å². The van der Waals surface area contributed by atoms with Crippen LogP contribution in [0.25, 0.3) is 0 Å². The summed E-state index contributed by atoms with van der Waals surface area (Å²) in [5, 5.41) is 0. The molecule has 2 aliphatic carbocycles.